The molecule has 0 fully saturated rings. The number of phenols is 5. The smallest absolute Gasteiger partial charge is 0.306 e. The lowest BCUT2D eigenvalue weighted by Crippen LogP contribution is -2.13. The molecular formula is C26H22O11. The highest BCUT2D eigenvalue weighted by Gasteiger charge is 2.30. The minimum Gasteiger partial charge on any atom is -0.507 e. The minimum absolute atomic E-state index is 0.00333. The van der Waals surface area contributed by atoms with Crippen LogP contribution in [0.4, 0.5) is 0 Å². The van der Waals surface area contributed by atoms with Crippen molar-refractivity contribution >= 4 is 16.9 Å². The number of carbonyl (C=O) groups excluding carboxylic acids is 1. The summed E-state index contributed by atoms with van der Waals surface area (Å²) in [6.45, 7) is 0. The van der Waals surface area contributed by atoms with Crippen LogP contribution in [0.25, 0.3) is 22.3 Å². The number of phenolic OH excluding ortho intramolecular Hbond substituents is 5. The normalized spacial score (nSPS) is 11.8. The first kappa shape index (κ1) is 25.0. The number of esters is 1. The molecule has 4 rings (SSSR count). The van der Waals surface area contributed by atoms with E-state index in [2.05, 4.69) is 0 Å². The lowest BCUT2D eigenvalue weighted by Gasteiger charge is -2.21. The SMILES string of the molecule is COC(=O)C[C@@H](c1ccc(O)c(OC)c1)c1c(O)cc(O)c2c(=O)c(O)c(-c3ccc(O)c(O)c3)oc12. The van der Waals surface area contributed by atoms with Crippen molar-refractivity contribution in [1.29, 1.82) is 0 Å². The highest BCUT2D eigenvalue weighted by molar-refractivity contribution is 5.92. The fraction of sp³-hybridized carbons (Fsp3) is 0.154. The van der Waals surface area contributed by atoms with Gasteiger partial charge in [-0.2, -0.15) is 0 Å². The highest BCUT2D eigenvalue weighted by Crippen LogP contribution is 2.46. The van der Waals surface area contributed by atoms with Gasteiger partial charge in [-0.05, 0) is 35.9 Å². The van der Waals surface area contributed by atoms with Crippen LogP contribution in [0.3, 0.4) is 0 Å². The van der Waals surface area contributed by atoms with Crippen LogP contribution < -0.4 is 10.2 Å². The van der Waals surface area contributed by atoms with E-state index >= 15 is 0 Å². The second kappa shape index (κ2) is 9.53. The summed E-state index contributed by atoms with van der Waals surface area (Å²) in [6, 6.07) is 8.47. The Morgan fingerprint density at radius 1 is 0.865 bits per heavy atom. The zero-order valence-corrected chi connectivity index (χ0v) is 19.6. The molecule has 3 aromatic carbocycles. The van der Waals surface area contributed by atoms with Gasteiger partial charge in [0.05, 0.1) is 20.6 Å². The Balaban J connectivity index is 2.09. The van der Waals surface area contributed by atoms with Crippen LogP contribution in [-0.2, 0) is 9.53 Å². The summed E-state index contributed by atoms with van der Waals surface area (Å²) < 4.78 is 15.8. The molecule has 192 valence electrons. The third-order valence-corrected chi connectivity index (χ3v) is 5.93. The summed E-state index contributed by atoms with van der Waals surface area (Å²) in [6.07, 6.45) is -0.363. The molecular weight excluding hydrogens is 488 g/mol. The van der Waals surface area contributed by atoms with Crippen molar-refractivity contribution in [2.45, 2.75) is 12.3 Å². The van der Waals surface area contributed by atoms with Gasteiger partial charge in [0.1, 0.15) is 22.5 Å². The van der Waals surface area contributed by atoms with Crippen molar-refractivity contribution in [2.24, 2.45) is 0 Å². The summed E-state index contributed by atoms with van der Waals surface area (Å²) in [4.78, 5) is 25.5. The quantitative estimate of drug-likeness (QED) is 0.165. The predicted molar refractivity (Wildman–Crippen MR) is 129 cm³/mol. The van der Waals surface area contributed by atoms with Gasteiger partial charge in [0.15, 0.2) is 28.8 Å². The number of benzene rings is 3. The Morgan fingerprint density at radius 2 is 1.57 bits per heavy atom. The van der Waals surface area contributed by atoms with E-state index in [-0.39, 0.29) is 34.6 Å². The number of fused-ring (bicyclic) bond motifs is 1. The maximum atomic E-state index is 13.1. The van der Waals surface area contributed by atoms with Crippen LogP contribution in [0.5, 0.6) is 40.2 Å². The Morgan fingerprint density at radius 3 is 2.22 bits per heavy atom. The highest BCUT2D eigenvalue weighted by atomic mass is 16.5. The third-order valence-electron chi connectivity index (χ3n) is 5.93. The van der Waals surface area contributed by atoms with E-state index in [1.54, 1.807) is 0 Å². The van der Waals surface area contributed by atoms with E-state index in [1.165, 1.54) is 38.5 Å². The Kier molecular flexibility index (Phi) is 6.45. The first-order chi connectivity index (χ1) is 17.6. The number of methoxy groups -OCH3 is 2. The van der Waals surface area contributed by atoms with Crippen LogP contribution in [0.1, 0.15) is 23.5 Å². The standard InChI is InChI=1S/C26H22O11/c1-35-19-8-11(3-6-15(19)28)13(9-20(32)36-2)21-17(30)10-18(31)22-23(33)24(34)25(37-26(21)22)12-4-5-14(27)16(29)7-12/h3-8,10,13,27-31,34H,9H2,1-2H3/t13-/m0/s1. The molecule has 1 heterocycles. The van der Waals surface area contributed by atoms with Gasteiger partial charge in [-0.1, -0.05) is 6.07 Å². The molecule has 1 atom stereocenters. The molecule has 0 saturated heterocycles. The average Bonchev–Trinajstić information content (AvgIpc) is 2.87. The Bertz CT molecular complexity index is 1590. The van der Waals surface area contributed by atoms with Gasteiger partial charge in [-0.15, -0.1) is 0 Å². The fourth-order valence-electron chi connectivity index (χ4n) is 4.09. The van der Waals surface area contributed by atoms with E-state index in [4.69, 9.17) is 13.9 Å². The summed E-state index contributed by atoms with van der Waals surface area (Å²) >= 11 is 0. The van der Waals surface area contributed by atoms with Gasteiger partial charge >= 0.3 is 5.97 Å². The second-order valence-electron chi connectivity index (χ2n) is 8.11. The molecule has 0 amide bonds. The van der Waals surface area contributed by atoms with Crippen LogP contribution in [-0.4, -0.2) is 50.8 Å². The zero-order chi connectivity index (χ0) is 27.0. The topological polar surface area (TPSA) is 187 Å². The molecule has 0 radical (unpaired) electrons. The molecule has 0 saturated carbocycles. The molecule has 0 unspecified atom stereocenters. The van der Waals surface area contributed by atoms with E-state index in [0.717, 1.165) is 18.2 Å². The zero-order valence-electron chi connectivity index (χ0n) is 19.6. The molecule has 0 spiro atoms. The van der Waals surface area contributed by atoms with E-state index in [1.807, 2.05) is 0 Å². The number of aromatic hydroxyl groups is 6. The van der Waals surface area contributed by atoms with E-state index in [0.29, 0.717) is 5.56 Å². The molecule has 6 N–H and O–H groups in total. The average molecular weight is 510 g/mol. The molecule has 0 aliphatic carbocycles. The molecule has 0 aliphatic heterocycles. The molecule has 11 heteroatoms. The van der Waals surface area contributed by atoms with Crippen LogP contribution >= 0.6 is 0 Å². The summed E-state index contributed by atoms with van der Waals surface area (Å²) in [5, 5.41) is 61.0. The first-order valence-corrected chi connectivity index (χ1v) is 10.8. The first-order valence-electron chi connectivity index (χ1n) is 10.8. The van der Waals surface area contributed by atoms with Gasteiger partial charge in [-0.3, -0.25) is 9.59 Å². The molecule has 1 aromatic heterocycles. The van der Waals surface area contributed by atoms with Gasteiger partial charge < -0.3 is 44.5 Å². The summed E-state index contributed by atoms with van der Waals surface area (Å²) in [5.74, 6) is -5.44. The van der Waals surface area contributed by atoms with Crippen molar-refractivity contribution in [3.63, 3.8) is 0 Å². The van der Waals surface area contributed by atoms with Gasteiger partial charge in [-0.25, -0.2) is 0 Å². The van der Waals surface area contributed by atoms with Crippen LogP contribution in [0.15, 0.2) is 51.7 Å². The summed E-state index contributed by atoms with van der Waals surface area (Å²) in [7, 11) is 2.49. The van der Waals surface area contributed by atoms with Crippen molar-refractivity contribution in [1.82, 2.24) is 0 Å². The van der Waals surface area contributed by atoms with Gasteiger partial charge in [0, 0.05) is 23.1 Å². The third kappa shape index (κ3) is 4.38. The number of hydrogen-bond donors (Lipinski definition) is 6. The number of rotatable bonds is 6. The monoisotopic (exact) mass is 510 g/mol. The molecule has 37 heavy (non-hydrogen) atoms. The molecule has 11 nitrogen and oxygen atoms in total. The second-order valence-corrected chi connectivity index (χ2v) is 8.11. The van der Waals surface area contributed by atoms with E-state index < -0.39 is 57.2 Å². The number of ether oxygens (including phenoxy) is 2. The number of hydrogen-bond acceptors (Lipinski definition) is 11. The number of carbonyl (C=O) groups is 1. The lowest BCUT2D eigenvalue weighted by molar-refractivity contribution is -0.140. The molecule has 0 aliphatic rings. The molecule has 4 aromatic rings. The van der Waals surface area contributed by atoms with E-state index in [9.17, 15) is 40.2 Å². The summed E-state index contributed by atoms with van der Waals surface area (Å²) in [5.41, 5.74) is -1.17. The fourth-order valence-corrected chi connectivity index (χ4v) is 4.09. The largest absolute Gasteiger partial charge is 0.507 e. The van der Waals surface area contributed by atoms with Crippen molar-refractivity contribution in [2.75, 3.05) is 14.2 Å². The van der Waals surface area contributed by atoms with Crippen LogP contribution in [0, 0.1) is 0 Å². The van der Waals surface area contributed by atoms with Crippen LogP contribution in [0.2, 0.25) is 0 Å². The lowest BCUT2D eigenvalue weighted by atomic mass is 9.86. The predicted octanol–water partition coefficient (Wildman–Crippen LogP) is 3.40. The Labute approximate surface area is 208 Å². The maximum Gasteiger partial charge on any atom is 0.306 e. The minimum atomic E-state index is -1.05. The maximum absolute atomic E-state index is 13.1. The van der Waals surface area contributed by atoms with Gasteiger partial charge in [0.25, 0.3) is 0 Å². The molecule has 0 bridgehead atoms. The Hall–Kier alpha value is -5.06. The van der Waals surface area contributed by atoms with Gasteiger partial charge in [0.2, 0.25) is 11.2 Å². The van der Waals surface area contributed by atoms with Crippen molar-refractivity contribution in [3.8, 4) is 51.6 Å². The van der Waals surface area contributed by atoms with Crippen molar-refractivity contribution in [3.05, 3.63) is 63.8 Å². The van der Waals surface area contributed by atoms with Crippen molar-refractivity contribution < 1.29 is 49.3 Å².